The number of amides is 3. The number of primary amides is 1. The van der Waals surface area contributed by atoms with Crippen molar-refractivity contribution in [3.63, 3.8) is 0 Å². The number of aromatic nitrogens is 2. The lowest BCUT2D eigenvalue weighted by molar-refractivity contribution is -0.126. The molecule has 7 nitrogen and oxygen atoms in total. The second-order valence-electron chi connectivity index (χ2n) is 7.89. The molecule has 1 atom stereocenters. The minimum Gasteiger partial charge on any atom is -0.352 e. The first-order valence-electron chi connectivity index (χ1n) is 10.6. The van der Waals surface area contributed by atoms with E-state index in [1.807, 2.05) is 59.4 Å². The summed E-state index contributed by atoms with van der Waals surface area (Å²) in [6.07, 6.45) is 3.53. The molecule has 1 aromatic heterocycles. The Labute approximate surface area is 181 Å². The maximum absolute atomic E-state index is 12.8. The highest BCUT2D eigenvalue weighted by Gasteiger charge is 2.27. The van der Waals surface area contributed by atoms with E-state index < -0.39 is 6.03 Å². The lowest BCUT2D eigenvalue weighted by Gasteiger charge is -2.30. The van der Waals surface area contributed by atoms with E-state index in [0.29, 0.717) is 26.2 Å². The number of hydrogen-bond acceptors (Lipinski definition) is 3. The van der Waals surface area contributed by atoms with Gasteiger partial charge in [0.05, 0.1) is 18.2 Å². The standard InChI is InChI=1S/C24H27N5O2/c25-24(31)28-13-7-12-20(16-28)23(30)26-14-21-17-29(15-18-8-3-1-4-9-18)27-22(21)19-10-5-2-6-11-19/h1-6,8-11,17,20H,7,12-16H2,(H2,25,31)(H,26,30)/t20-/m0/s1. The van der Waals surface area contributed by atoms with Crippen LogP contribution in [0.5, 0.6) is 0 Å². The maximum atomic E-state index is 12.8. The fraction of sp³-hybridized carbons (Fsp3) is 0.292. The molecule has 4 rings (SSSR count). The monoisotopic (exact) mass is 417 g/mol. The number of carbonyl (C=O) groups is 2. The third-order valence-corrected chi connectivity index (χ3v) is 5.63. The van der Waals surface area contributed by atoms with Gasteiger partial charge in [0.2, 0.25) is 5.91 Å². The smallest absolute Gasteiger partial charge is 0.314 e. The summed E-state index contributed by atoms with van der Waals surface area (Å²) in [6.45, 7) is 2.03. The number of likely N-dealkylation sites (tertiary alicyclic amines) is 1. The zero-order valence-corrected chi connectivity index (χ0v) is 17.4. The van der Waals surface area contributed by atoms with Gasteiger partial charge in [0.25, 0.3) is 0 Å². The number of hydrogen-bond donors (Lipinski definition) is 2. The minimum atomic E-state index is -0.467. The molecule has 0 bridgehead atoms. The summed E-state index contributed by atoms with van der Waals surface area (Å²) < 4.78 is 1.91. The summed E-state index contributed by atoms with van der Waals surface area (Å²) in [5.41, 5.74) is 9.38. The van der Waals surface area contributed by atoms with E-state index in [-0.39, 0.29) is 11.8 Å². The number of nitrogens with two attached hydrogens (primary N) is 1. The van der Waals surface area contributed by atoms with Gasteiger partial charge in [-0.25, -0.2) is 4.79 Å². The van der Waals surface area contributed by atoms with Gasteiger partial charge in [0.15, 0.2) is 0 Å². The van der Waals surface area contributed by atoms with Crippen molar-refractivity contribution in [3.8, 4) is 11.3 Å². The molecule has 1 aliphatic heterocycles. The Hall–Kier alpha value is -3.61. The van der Waals surface area contributed by atoms with Crippen LogP contribution in [-0.2, 0) is 17.9 Å². The Morgan fingerprint density at radius 1 is 1.06 bits per heavy atom. The van der Waals surface area contributed by atoms with Gasteiger partial charge in [-0.05, 0) is 18.4 Å². The molecule has 1 saturated heterocycles. The van der Waals surface area contributed by atoms with E-state index >= 15 is 0 Å². The van der Waals surface area contributed by atoms with Crippen LogP contribution in [0.2, 0.25) is 0 Å². The van der Waals surface area contributed by atoms with Gasteiger partial charge in [0, 0.05) is 37.0 Å². The third kappa shape index (κ3) is 5.12. The first-order chi connectivity index (χ1) is 15.1. The van der Waals surface area contributed by atoms with Crippen molar-refractivity contribution < 1.29 is 9.59 Å². The molecular weight excluding hydrogens is 390 g/mol. The maximum Gasteiger partial charge on any atom is 0.314 e. The van der Waals surface area contributed by atoms with Crippen molar-refractivity contribution in [2.75, 3.05) is 13.1 Å². The SMILES string of the molecule is NC(=O)N1CCC[C@H](C(=O)NCc2cn(Cc3ccccc3)nc2-c2ccccc2)C1. The Morgan fingerprint density at radius 3 is 2.48 bits per heavy atom. The second-order valence-corrected chi connectivity index (χ2v) is 7.89. The summed E-state index contributed by atoms with van der Waals surface area (Å²) in [4.78, 5) is 25.8. The van der Waals surface area contributed by atoms with Crippen molar-refractivity contribution in [2.45, 2.75) is 25.9 Å². The molecule has 7 heteroatoms. The molecule has 3 amide bonds. The van der Waals surface area contributed by atoms with Crippen LogP contribution in [-0.4, -0.2) is 39.7 Å². The van der Waals surface area contributed by atoms with Crippen LogP contribution in [0.15, 0.2) is 66.9 Å². The molecule has 0 unspecified atom stereocenters. The van der Waals surface area contributed by atoms with Crippen molar-refractivity contribution in [1.29, 1.82) is 0 Å². The molecule has 0 radical (unpaired) electrons. The minimum absolute atomic E-state index is 0.0548. The topological polar surface area (TPSA) is 93.3 Å². The van der Waals surface area contributed by atoms with E-state index in [2.05, 4.69) is 17.4 Å². The molecule has 1 aliphatic rings. The first-order valence-corrected chi connectivity index (χ1v) is 10.6. The summed E-state index contributed by atoms with van der Waals surface area (Å²) >= 11 is 0. The quantitative estimate of drug-likeness (QED) is 0.646. The molecule has 0 saturated carbocycles. The average molecular weight is 418 g/mol. The van der Waals surface area contributed by atoms with Gasteiger partial charge in [-0.15, -0.1) is 0 Å². The Balaban J connectivity index is 1.50. The van der Waals surface area contributed by atoms with Gasteiger partial charge in [-0.1, -0.05) is 60.7 Å². The van der Waals surface area contributed by atoms with Crippen LogP contribution in [0.3, 0.4) is 0 Å². The number of urea groups is 1. The summed E-state index contributed by atoms with van der Waals surface area (Å²) in [6, 6.07) is 19.7. The van der Waals surface area contributed by atoms with Gasteiger partial charge < -0.3 is 16.0 Å². The fourth-order valence-electron chi connectivity index (χ4n) is 4.00. The largest absolute Gasteiger partial charge is 0.352 e. The molecule has 160 valence electrons. The number of nitrogens with zero attached hydrogens (tertiary/aromatic N) is 3. The highest BCUT2D eigenvalue weighted by molar-refractivity contribution is 5.80. The van der Waals surface area contributed by atoms with Gasteiger partial charge in [-0.2, -0.15) is 5.10 Å². The Kier molecular flexibility index (Phi) is 6.31. The normalized spacial score (nSPS) is 16.1. The number of nitrogens with one attached hydrogen (secondary N) is 1. The molecule has 2 heterocycles. The molecule has 31 heavy (non-hydrogen) atoms. The van der Waals surface area contributed by atoms with Crippen molar-refractivity contribution in [2.24, 2.45) is 11.7 Å². The zero-order chi connectivity index (χ0) is 21.6. The highest BCUT2D eigenvalue weighted by Crippen LogP contribution is 2.23. The van der Waals surface area contributed by atoms with Crippen LogP contribution in [0.1, 0.15) is 24.0 Å². The van der Waals surface area contributed by atoms with E-state index in [1.54, 1.807) is 4.90 Å². The lowest BCUT2D eigenvalue weighted by Crippen LogP contribution is -2.47. The summed E-state index contributed by atoms with van der Waals surface area (Å²) in [5, 5.41) is 7.84. The van der Waals surface area contributed by atoms with Gasteiger partial charge in [-0.3, -0.25) is 9.48 Å². The summed E-state index contributed by atoms with van der Waals surface area (Å²) in [5.74, 6) is -0.290. The Bertz CT molecular complexity index is 1030. The van der Waals surface area contributed by atoms with Gasteiger partial charge in [0.1, 0.15) is 0 Å². The van der Waals surface area contributed by atoms with Crippen molar-refractivity contribution in [1.82, 2.24) is 20.0 Å². The average Bonchev–Trinajstić information content (AvgIpc) is 3.21. The third-order valence-electron chi connectivity index (χ3n) is 5.63. The van der Waals surface area contributed by atoms with Crippen molar-refractivity contribution >= 4 is 11.9 Å². The van der Waals surface area contributed by atoms with Crippen LogP contribution in [0.4, 0.5) is 4.79 Å². The second kappa shape index (κ2) is 9.47. The number of benzene rings is 2. The zero-order valence-electron chi connectivity index (χ0n) is 17.4. The van der Waals surface area contributed by atoms with Gasteiger partial charge >= 0.3 is 6.03 Å². The fourth-order valence-corrected chi connectivity index (χ4v) is 4.00. The van der Waals surface area contributed by atoms with E-state index in [4.69, 9.17) is 10.8 Å². The van der Waals surface area contributed by atoms with E-state index in [1.165, 1.54) is 0 Å². The number of rotatable bonds is 6. The molecule has 3 N–H and O–H groups in total. The number of piperidine rings is 1. The highest BCUT2D eigenvalue weighted by atomic mass is 16.2. The molecule has 3 aromatic rings. The molecule has 0 aliphatic carbocycles. The lowest BCUT2D eigenvalue weighted by atomic mass is 9.97. The predicted octanol–water partition coefficient (Wildman–Crippen LogP) is 3.01. The molecule has 1 fully saturated rings. The van der Waals surface area contributed by atoms with Crippen LogP contribution >= 0.6 is 0 Å². The molecule has 0 spiro atoms. The number of carbonyl (C=O) groups excluding carboxylic acids is 2. The summed E-state index contributed by atoms with van der Waals surface area (Å²) in [7, 11) is 0. The van der Waals surface area contributed by atoms with Crippen molar-refractivity contribution in [3.05, 3.63) is 78.0 Å². The molecular formula is C24H27N5O2. The van der Waals surface area contributed by atoms with Crippen LogP contribution in [0, 0.1) is 5.92 Å². The van der Waals surface area contributed by atoms with E-state index in [0.717, 1.165) is 35.2 Å². The predicted molar refractivity (Wildman–Crippen MR) is 119 cm³/mol. The van der Waals surface area contributed by atoms with Crippen LogP contribution in [0.25, 0.3) is 11.3 Å². The van der Waals surface area contributed by atoms with E-state index in [9.17, 15) is 9.59 Å². The Morgan fingerprint density at radius 2 is 1.77 bits per heavy atom. The molecule has 2 aromatic carbocycles. The first kappa shape index (κ1) is 20.7. The van der Waals surface area contributed by atoms with Crippen LogP contribution < -0.4 is 11.1 Å².